The SMILES string of the molecule is COc1cnc(NCCCN(C)C)nc1. The Hall–Kier alpha value is -1.36. The van der Waals surface area contributed by atoms with Crippen LogP contribution in [-0.4, -0.2) is 49.2 Å². The highest BCUT2D eigenvalue weighted by Gasteiger charge is 1.96. The Bertz CT molecular complexity index is 273. The lowest BCUT2D eigenvalue weighted by Crippen LogP contribution is -2.16. The van der Waals surface area contributed by atoms with E-state index in [-0.39, 0.29) is 0 Å². The van der Waals surface area contributed by atoms with Gasteiger partial charge in [-0.05, 0) is 27.1 Å². The summed E-state index contributed by atoms with van der Waals surface area (Å²) >= 11 is 0. The van der Waals surface area contributed by atoms with Crippen molar-refractivity contribution >= 4 is 5.95 Å². The Labute approximate surface area is 90.5 Å². The first kappa shape index (κ1) is 11.7. The smallest absolute Gasteiger partial charge is 0.222 e. The average molecular weight is 210 g/mol. The summed E-state index contributed by atoms with van der Waals surface area (Å²) in [6, 6.07) is 0. The summed E-state index contributed by atoms with van der Waals surface area (Å²) in [6.07, 6.45) is 4.38. The number of methoxy groups -OCH3 is 1. The van der Waals surface area contributed by atoms with Gasteiger partial charge >= 0.3 is 0 Å². The Morgan fingerprint density at radius 3 is 2.53 bits per heavy atom. The lowest BCUT2D eigenvalue weighted by molar-refractivity contribution is 0.404. The number of hydrogen-bond acceptors (Lipinski definition) is 5. The maximum absolute atomic E-state index is 4.97. The summed E-state index contributed by atoms with van der Waals surface area (Å²) in [7, 11) is 5.72. The molecule has 0 spiro atoms. The zero-order valence-corrected chi connectivity index (χ0v) is 9.53. The Morgan fingerprint density at radius 2 is 2.00 bits per heavy atom. The van der Waals surface area contributed by atoms with Crippen LogP contribution in [-0.2, 0) is 0 Å². The van der Waals surface area contributed by atoms with Crippen molar-refractivity contribution in [1.29, 1.82) is 0 Å². The number of anilines is 1. The third kappa shape index (κ3) is 4.60. The molecule has 0 fully saturated rings. The fourth-order valence-corrected chi connectivity index (χ4v) is 1.11. The van der Waals surface area contributed by atoms with Crippen molar-refractivity contribution in [3.63, 3.8) is 0 Å². The maximum atomic E-state index is 4.97. The molecule has 0 atom stereocenters. The van der Waals surface area contributed by atoms with Crippen LogP contribution in [0.5, 0.6) is 5.75 Å². The molecule has 0 bridgehead atoms. The summed E-state index contributed by atoms with van der Waals surface area (Å²) in [5.74, 6) is 1.32. The number of aromatic nitrogens is 2. The van der Waals surface area contributed by atoms with Crippen LogP contribution in [0.1, 0.15) is 6.42 Å². The molecule has 1 N–H and O–H groups in total. The molecule has 0 saturated heterocycles. The van der Waals surface area contributed by atoms with Crippen molar-refractivity contribution in [3.8, 4) is 5.75 Å². The summed E-state index contributed by atoms with van der Waals surface area (Å²) in [5, 5.41) is 3.15. The van der Waals surface area contributed by atoms with Crippen LogP contribution in [0, 0.1) is 0 Å². The van der Waals surface area contributed by atoms with Gasteiger partial charge < -0.3 is 15.0 Å². The van der Waals surface area contributed by atoms with Crippen molar-refractivity contribution < 1.29 is 4.74 Å². The van der Waals surface area contributed by atoms with Crippen molar-refractivity contribution in [2.24, 2.45) is 0 Å². The zero-order valence-electron chi connectivity index (χ0n) is 9.53. The second-order valence-corrected chi connectivity index (χ2v) is 3.53. The molecule has 5 heteroatoms. The van der Waals surface area contributed by atoms with Gasteiger partial charge in [0.2, 0.25) is 5.95 Å². The standard InChI is InChI=1S/C10H18N4O/c1-14(2)6-4-5-11-10-12-7-9(15-3)8-13-10/h7-8H,4-6H2,1-3H3,(H,11,12,13). The monoisotopic (exact) mass is 210 g/mol. The van der Waals surface area contributed by atoms with E-state index in [0.29, 0.717) is 11.7 Å². The molecular formula is C10H18N4O. The van der Waals surface area contributed by atoms with Crippen LogP contribution in [0.15, 0.2) is 12.4 Å². The molecule has 1 heterocycles. The second-order valence-electron chi connectivity index (χ2n) is 3.53. The summed E-state index contributed by atoms with van der Waals surface area (Å²) in [5.41, 5.74) is 0. The summed E-state index contributed by atoms with van der Waals surface area (Å²) in [4.78, 5) is 10.4. The molecule has 0 aliphatic rings. The number of nitrogens with one attached hydrogen (secondary N) is 1. The fraction of sp³-hybridized carbons (Fsp3) is 0.600. The predicted molar refractivity (Wildman–Crippen MR) is 60.2 cm³/mol. The number of rotatable bonds is 6. The molecule has 0 radical (unpaired) electrons. The molecule has 0 unspecified atom stereocenters. The molecule has 0 amide bonds. The van der Waals surface area contributed by atoms with Gasteiger partial charge in [0.05, 0.1) is 19.5 Å². The van der Waals surface area contributed by atoms with E-state index < -0.39 is 0 Å². The van der Waals surface area contributed by atoms with Gasteiger partial charge in [-0.1, -0.05) is 0 Å². The van der Waals surface area contributed by atoms with Gasteiger partial charge in [-0.25, -0.2) is 9.97 Å². The topological polar surface area (TPSA) is 50.3 Å². The maximum Gasteiger partial charge on any atom is 0.222 e. The fourth-order valence-electron chi connectivity index (χ4n) is 1.11. The average Bonchev–Trinajstić information content (AvgIpc) is 2.25. The quantitative estimate of drug-likeness (QED) is 0.705. The van der Waals surface area contributed by atoms with E-state index in [1.54, 1.807) is 19.5 Å². The number of hydrogen-bond donors (Lipinski definition) is 1. The number of ether oxygens (including phenoxy) is 1. The minimum Gasteiger partial charge on any atom is -0.494 e. The number of nitrogens with zero attached hydrogens (tertiary/aromatic N) is 3. The van der Waals surface area contributed by atoms with Crippen molar-refractivity contribution in [2.75, 3.05) is 39.6 Å². The van der Waals surface area contributed by atoms with Crippen LogP contribution in [0.25, 0.3) is 0 Å². The van der Waals surface area contributed by atoms with Crippen molar-refractivity contribution in [1.82, 2.24) is 14.9 Å². The van der Waals surface area contributed by atoms with E-state index in [4.69, 9.17) is 4.74 Å². The van der Waals surface area contributed by atoms with Crippen LogP contribution < -0.4 is 10.1 Å². The highest BCUT2D eigenvalue weighted by Crippen LogP contribution is 2.06. The molecule has 0 aromatic carbocycles. The largest absolute Gasteiger partial charge is 0.494 e. The van der Waals surface area contributed by atoms with Crippen molar-refractivity contribution in [2.45, 2.75) is 6.42 Å². The molecule has 1 aromatic rings. The van der Waals surface area contributed by atoms with Crippen LogP contribution in [0.3, 0.4) is 0 Å². The highest BCUT2D eigenvalue weighted by atomic mass is 16.5. The third-order valence-corrected chi connectivity index (χ3v) is 1.93. The minimum absolute atomic E-state index is 0.648. The van der Waals surface area contributed by atoms with Gasteiger partial charge in [0.15, 0.2) is 5.75 Å². The van der Waals surface area contributed by atoms with Crippen LogP contribution in [0.4, 0.5) is 5.95 Å². The summed E-state index contributed by atoms with van der Waals surface area (Å²) in [6.45, 7) is 1.94. The zero-order chi connectivity index (χ0) is 11.1. The molecule has 0 aliphatic heterocycles. The first-order valence-corrected chi connectivity index (χ1v) is 4.97. The molecule has 0 aliphatic carbocycles. The molecule has 1 rings (SSSR count). The molecule has 5 nitrogen and oxygen atoms in total. The van der Waals surface area contributed by atoms with E-state index in [2.05, 4.69) is 34.3 Å². The summed E-state index contributed by atoms with van der Waals surface area (Å²) < 4.78 is 4.97. The normalized spacial score (nSPS) is 10.4. The Balaban J connectivity index is 2.25. The third-order valence-electron chi connectivity index (χ3n) is 1.93. The van der Waals surface area contributed by atoms with E-state index in [1.165, 1.54) is 0 Å². The molecular weight excluding hydrogens is 192 g/mol. The van der Waals surface area contributed by atoms with Crippen LogP contribution >= 0.6 is 0 Å². The highest BCUT2D eigenvalue weighted by molar-refractivity contribution is 5.26. The Morgan fingerprint density at radius 1 is 1.33 bits per heavy atom. The van der Waals surface area contributed by atoms with Gasteiger partial charge in [0, 0.05) is 6.54 Å². The predicted octanol–water partition coefficient (Wildman–Crippen LogP) is 0.849. The van der Waals surface area contributed by atoms with Crippen LogP contribution in [0.2, 0.25) is 0 Å². The molecule has 0 saturated carbocycles. The lowest BCUT2D eigenvalue weighted by atomic mass is 10.4. The first-order chi connectivity index (χ1) is 7.22. The minimum atomic E-state index is 0.648. The van der Waals surface area contributed by atoms with E-state index in [9.17, 15) is 0 Å². The van der Waals surface area contributed by atoms with E-state index in [1.807, 2.05) is 0 Å². The molecule has 15 heavy (non-hydrogen) atoms. The van der Waals surface area contributed by atoms with Gasteiger partial charge in [-0.2, -0.15) is 0 Å². The van der Waals surface area contributed by atoms with Gasteiger partial charge in [-0.3, -0.25) is 0 Å². The van der Waals surface area contributed by atoms with Crippen molar-refractivity contribution in [3.05, 3.63) is 12.4 Å². The van der Waals surface area contributed by atoms with E-state index in [0.717, 1.165) is 19.5 Å². The second kappa shape index (κ2) is 6.19. The van der Waals surface area contributed by atoms with Gasteiger partial charge in [0.25, 0.3) is 0 Å². The Kier molecular flexibility index (Phi) is 4.83. The van der Waals surface area contributed by atoms with E-state index >= 15 is 0 Å². The first-order valence-electron chi connectivity index (χ1n) is 4.97. The van der Waals surface area contributed by atoms with Gasteiger partial charge in [0.1, 0.15) is 0 Å². The molecule has 1 aromatic heterocycles. The van der Waals surface area contributed by atoms with Gasteiger partial charge in [-0.15, -0.1) is 0 Å². The molecule has 84 valence electrons. The lowest BCUT2D eigenvalue weighted by Gasteiger charge is -2.09.